The molecule has 0 nitrogen and oxygen atoms in total. The van der Waals surface area contributed by atoms with Crippen LogP contribution in [0.4, 0.5) is 0 Å². The monoisotopic (exact) mass is 612 g/mol. The van der Waals surface area contributed by atoms with Crippen molar-refractivity contribution in [3.63, 3.8) is 0 Å². The number of thiophene rings is 1. The number of fused-ring (bicyclic) bond motifs is 8. The van der Waals surface area contributed by atoms with E-state index in [2.05, 4.69) is 170 Å². The van der Waals surface area contributed by atoms with Gasteiger partial charge in [-0.3, -0.25) is 0 Å². The van der Waals surface area contributed by atoms with E-state index in [0.29, 0.717) is 0 Å². The van der Waals surface area contributed by atoms with Gasteiger partial charge in [-0.15, -0.1) is 11.3 Å². The zero-order valence-electron chi connectivity index (χ0n) is 25.6. The summed E-state index contributed by atoms with van der Waals surface area (Å²) >= 11 is 1.90. The van der Waals surface area contributed by atoms with E-state index in [1.54, 1.807) is 0 Å². The summed E-state index contributed by atoms with van der Waals surface area (Å²) in [5.41, 5.74) is 7.62. The third-order valence-corrected chi connectivity index (χ3v) is 11.1. The van der Waals surface area contributed by atoms with E-state index < -0.39 is 0 Å². The van der Waals surface area contributed by atoms with Crippen LogP contribution in [0.25, 0.3) is 96.6 Å². The van der Waals surface area contributed by atoms with Crippen LogP contribution in [0.15, 0.2) is 170 Å². The van der Waals surface area contributed by atoms with Crippen LogP contribution in [0.5, 0.6) is 0 Å². The quantitative estimate of drug-likeness (QED) is 0.174. The molecule has 10 aromatic rings. The van der Waals surface area contributed by atoms with Gasteiger partial charge >= 0.3 is 0 Å². The molecule has 0 saturated carbocycles. The number of rotatable bonds is 3. The van der Waals surface area contributed by atoms with Crippen molar-refractivity contribution in [2.45, 2.75) is 0 Å². The fourth-order valence-electron chi connectivity index (χ4n) is 7.78. The lowest BCUT2D eigenvalue weighted by Crippen LogP contribution is -1.91. The van der Waals surface area contributed by atoms with E-state index in [4.69, 9.17) is 0 Å². The van der Waals surface area contributed by atoms with E-state index in [1.807, 2.05) is 11.3 Å². The molecule has 10 rings (SSSR count). The Balaban J connectivity index is 1.21. The summed E-state index contributed by atoms with van der Waals surface area (Å²) in [6, 6.07) is 62.7. The molecule has 47 heavy (non-hydrogen) atoms. The molecule has 0 aliphatic rings. The maximum atomic E-state index is 2.41. The molecule has 0 saturated heterocycles. The fraction of sp³-hybridized carbons (Fsp3) is 0. The predicted octanol–water partition coefficient (Wildman–Crippen LogP) is 13.7. The van der Waals surface area contributed by atoms with Gasteiger partial charge in [0.25, 0.3) is 0 Å². The van der Waals surface area contributed by atoms with Gasteiger partial charge in [0.05, 0.1) is 0 Å². The first kappa shape index (κ1) is 26.5. The van der Waals surface area contributed by atoms with E-state index in [-0.39, 0.29) is 0 Å². The Bertz CT molecular complexity index is 2770. The van der Waals surface area contributed by atoms with Gasteiger partial charge in [-0.2, -0.15) is 0 Å². The van der Waals surface area contributed by atoms with Crippen molar-refractivity contribution in [2.75, 3.05) is 0 Å². The van der Waals surface area contributed by atoms with Gasteiger partial charge in [0.2, 0.25) is 0 Å². The highest BCUT2D eigenvalue weighted by atomic mass is 32.1. The van der Waals surface area contributed by atoms with Gasteiger partial charge in [0, 0.05) is 25.6 Å². The first-order valence-electron chi connectivity index (χ1n) is 16.2. The summed E-state index contributed by atoms with van der Waals surface area (Å²) in [4.78, 5) is 0. The topological polar surface area (TPSA) is 0 Å². The minimum atomic E-state index is 1.23. The average Bonchev–Trinajstić information content (AvgIpc) is 3.52. The standard InChI is InChI=1S/C46H28S/c1-2-14-32-29(12-1)13-11-22-35(32)45-38-19-6-4-17-36(38)44(37-18-5-7-20-39(37)45)31-26-24-30(25-27-31)41-28-42-34-16-9-10-23-43(34)47-46(42)40-21-8-3-15-33(40)41/h1-28H. The second kappa shape index (κ2) is 10.4. The van der Waals surface area contributed by atoms with Crippen LogP contribution in [-0.4, -0.2) is 0 Å². The maximum Gasteiger partial charge on any atom is 0.0434 e. The zero-order valence-corrected chi connectivity index (χ0v) is 26.4. The highest BCUT2D eigenvalue weighted by Gasteiger charge is 2.18. The molecule has 1 heterocycles. The van der Waals surface area contributed by atoms with Crippen LogP contribution in [0.3, 0.4) is 0 Å². The molecule has 0 spiro atoms. The summed E-state index contributed by atoms with van der Waals surface area (Å²) < 4.78 is 2.71. The molecule has 0 aliphatic carbocycles. The fourth-order valence-corrected chi connectivity index (χ4v) is 9.00. The first-order chi connectivity index (χ1) is 23.3. The van der Waals surface area contributed by atoms with Crippen LogP contribution in [0.1, 0.15) is 0 Å². The van der Waals surface area contributed by atoms with Crippen molar-refractivity contribution < 1.29 is 0 Å². The molecule has 0 N–H and O–H groups in total. The largest absolute Gasteiger partial charge is 0.135 e. The number of hydrogen-bond acceptors (Lipinski definition) is 1. The van der Waals surface area contributed by atoms with Crippen molar-refractivity contribution in [1.29, 1.82) is 0 Å². The number of hydrogen-bond donors (Lipinski definition) is 0. The van der Waals surface area contributed by atoms with Gasteiger partial charge in [-0.1, -0.05) is 158 Å². The normalized spacial score (nSPS) is 11.8. The third-order valence-electron chi connectivity index (χ3n) is 9.86. The summed E-state index contributed by atoms with van der Waals surface area (Å²) in [5.74, 6) is 0. The minimum Gasteiger partial charge on any atom is -0.135 e. The smallest absolute Gasteiger partial charge is 0.0434 e. The van der Waals surface area contributed by atoms with Crippen molar-refractivity contribution in [2.24, 2.45) is 0 Å². The lowest BCUT2D eigenvalue weighted by molar-refractivity contribution is 1.65. The molecular formula is C46H28S. The maximum absolute atomic E-state index is 2.41. The SMILES string of the molecule is c1ccc2c(-c3c4ccccc4c(-c4ccc(-c5cc6c7ccccc7sc6c6ccccc56)cc4)c4ccccc34)cccc2c1. The molecule has 0 amide bonds. The summed E-state index contributed by atoms with van der Waals surface area (Å²) in [5, 5.41) is 13.0. The predicted molar refractivity (Wildman–Crippen MR) is 206 cm³/mol. The van der Waals surface area contributed by atoms with E-state index in [1.165, 1.54) is 96.6 Å². The van der Waals surface area contributed by atoms with Gasteiger partial charge < -0.3 is 0 Å². The van der Waals surface area contributed by atoms with E-state index in [0.717, 1.165) is 0 Å². The molecule has 1 aromatic heterocycles. The Kier molecular flexibility index (Phi) is 5.85. The molecule has 0 unspecified atom stereocenters. The van der Waals surface area contributed by atoms with Crippen molar-refractivity contribution in [3.05, 3.63) is 170 Å². The van der Waals surface area contributed by atoms with Crippen LogP contribution in [0.2, 0.25) is 0 Å². The van der Waals surface area contributed by atoms with Crippen LogP contribution >= 0.6 is 11.3 Å². The van der Waals surface area contributed by atoms with Crippen LogP contribution in [0, 0.1) is 0 Å². The van der Waals surface area contributed by atoms with Crippen molar-refractivity contribution >= 4 is 74.6 Å². The summed E-state index contributed by atoms with van der Waals surface area (Å²) in [7, 11) is 0. The van der Waals surface area contributed by atoms with Crippen LogP contribution in [-0.2, 0) is 0 Å². The van der Waals surface area contributed by atoms with Gasteiger partial charge in [-0.25, -0.2) is 0 Å². The number of benzene rings is 9. The van der Waals surface area contributed by atoms with Crippen molar-refractivity contribution in [1.82, 2.24) is 0 Å². The molecule has 0 aliphatic heterocycles. The van der Waals surface area contributed by atoms with E-state index >= 15 is 0 Å². The summed E-state index contributed by atoms with van der Waals surface area (Å²) in [6.07, 6.45) is 0. The minimum absolute atomic E-state index is 1.23. The molecule has 0 bridgehead atoms. The van der Waals surface area contributed by atoms with E-state index in [9.17, 15) is 0 Å². The Labute approximate surface area is 276 Å². The molecule has 1 heteroatoms. The van der Waals surface area contributed by atoms with Crippen molar-refractivity contribution in [3.8, 4) is 33.4 Å². The Hall–Kier alpha value is -5.76. The van der Waals surface area contributed by atoms with Gasteiger partial charge in [0.15, 0.2) is 0 Å². The third kappa shape index (κ3) is 4.00. The molecule has 0 fully saturated rings. The summed E-state index contributed by atoms with van der Waals surface area (Å²) in [6.45, 7) is 0. The zero-order chi connectivity index (χ0) is 30.9. The molecule has 218 valence electrons. The average molecular weight is 613 g/mol. The van der Waals surface area contributed by atoms with Crippen LogP contribution < -0.4 is 0 Å². The molecular weight excluding hydrogens is 585 g/mol. The lowest BCUT2D eigenvalue weighted by Gasteiger charge is -2.19. The Morgan fingerprint density at radius 1 is 0.298 bits per heavy atom. The Morgan fingerprint density at radius 3 is 1.51 bits per heavy atom. The highest BCUT2D eigenvalue weighted by Crippen LogP contribution is 2.46. The second-order valence-electron chi connectivity index (χ2n) is 12.4. The molecule has 0 atom stereocenters. The highest BCUT2D eigenvalue weighted by molar-refractivity contribution is 7.26. The van der Waals surface area contributed by atoms with Gasteiger partial charge in [0.1, 0.15) is 0 Å². The first-order valence-corrected chi connectivity index (χ1v) is 17.0. The molecule has 9 aromatic carbocycles. The Morgan fingerprint density at radius 2 is 0.809 bits per heavy atom. The van der Waals surface area contributed by atoms with Gasteiger partial charge in [-0.05, 0) is 83.2 Å². The second-order valence-corrected chi connectivity index (χ2v) is 13.4. The molecule has 0 radical (unpaired) electrons. The lowest BCUT2D eigenvalue weighted by atomic mass is 9.84.